The third kappa shape index (κ3) is 5.17. The van der Waals surface area contributed by atoms with Gasteiger partial charge in [-0.15, -0.1) is 0 Å². The van der Waals surface area contributed by atoms with Crippen molar-refractivity contribution in [3.63, 3.8) is 0 Å². The summed E-state index contributed by atoms with van der Waals surface area (Å²) >= 11 is 0. The van der Waals surface area contributed by atoms with Crippen molar-refractivity contribution < 1.29 is 14.3 Å². The van der Waals surface area contributed by atoms with Crippen LogP contribution in [0.2, 0.25) is 0 Å². The number of carbonyl (C=O) groups excluding carboxylic acids is 2. The van der Waals surface area contributed by atoms with Crippen LogP contribution in [0.15, 0.2) is 0 Å². The lowest BCUT2D eigenvalue weighted by Crippen LogP contribution is -2.45. The van der Waals surface area contributed by atoms with Crippen molar-refractivity contribution in [2.24, 2.45) is 5.92 Å². The van der Waals surface area contributed by atoms with Crippen LogP contribution in [-0.2, 0) is 14.3 Å². The minimum Gasteiger partial charge on any atom is -0.466 e. The Morgan fingerprint density at radius 2 is 2.00 bits per heavy atom. The molecule has 0 radical (unpaired) electrons. The van der Waals surface area contributed by atoms with E-state index in [1.54, 1.807) is 20.8 Å². The third-order valence-electron chi connectivity index (χ3n) is 2.74. The fraction of sp³-hybridized carbons (Fsp3) is 0.833. The minimum atomic E-state index is -0.271. The maximum atomic E-state index is 11.6. The average molecular weight is 242 g/mol. The lowest BCUT2D eigenvalue weighted by atomic mass is 10.1. The lowest BCUT2D eigenvalue weighted by Gasteiger charge is -2.16. The highest BCUT2D eigenvalue weighted by Crippen LogP contribution is 2.18. The van der Waals surface area contributed by atoms with E-state index in [1.165, 1.54) is 0 Å². The molecule has 0 heterocycles. The molecule has 2 atom stereocenters. The van der Waals surface area contributed by atoms with Gasteiger partial charge in [0.25, 0.3) is 0 Å². The van der Waals surface area contributed by atoms with Crippen LogP contribution in [0.3, 0.4) is 0 Å². The molecule has 0 aliphatic heterocycles. The van der Waals surface area contributed by atoms with E-state index in [1.807, 2.05) is 0 Å². The van der Waals surface area contributed by atoms with Crippen LogP contribution in [0.5, 0.6) is 0 Å². The first kappa shape index (κ1) is 14.0. The van der Waals surface area contributed by atoms with E-state index in [0.29, 0.717) is 19.2 Å². The molecule has 5 heteroatoms. The molecule has 1 rings (SSSR count). The van der Waals surface area contributed by atoms with E-state index in [0.717, 1.165) is 12.8 Å². The van der Waals surface area contributed by atoms with Crippen LogP contribution < -0.4 is 10.6 Å². The minimum absolute atomic E-state index is 0.00330. The Balaban J connectivity index is 2.19. The topological polar surface area (TPSA) is 67.4 Å². The second-order valence-electron chi connectivity index (χ2n) is 4.57. The third-order valence-corrected chi connectivity index (χ3v) is 2.74. The molecule has 0 bridgehead atoms. The number of ether oxygens (including phenoxy) is 1. The molecule has 1 amide bonds. The highest BCUT2D eigenvalue weighted by Gasteiger charge is 2.25. The van der Waals surface area contributed by atoms with E-state index in [4.69, 9.17) is 4.74 Å². The Bertz CT molecular complexity index is 277. The van der Waals surface area contributed by atoms with Gasteiger partial charge in [0.2, 0.25) is 5.91 Å². The molecule has 0 saturated heterocycles. The van der Waals surface area contributed by atoms with Crippen LogP contribution in [0.25, 0.3) is 0 Å². The molecule has 1 aliphatic carbocycles. The summed E-state index contributed by atoms with van der Waals surface area (Å²) in [6.07, 6.45) is 2.16. The molecule has 2 N–H and O–H groups in total. The monoisotopic (exact) mass is 242 g/mol. The SMILES string of the molecule is CCOC(=O)C(C)CNC(C)C(=O)NC1CC1. The fourth-order valence-corrected chi connectivity index (χ4v) is 1.37. The van der Waals surface area contributed by atoms with Crippen molar-refractivity contribution in [1.82, 2.24) is 10.6 Å². The summed E-state index contributed by atoms with van der Waals surface area (Å²) in [5.41, 5.74) is 0. The van der Waals surface area contributed by atoms with Gasteiger partial charge < -0.3 is 15.4 Å². The van der Waals surface area contributed by atoms with Crippen LogP contribution >= 0.6 is 0 Å². The Hall–Kier alpha value is -1.10. The smallest absolute Gasteiger partial charge is 0.309 e. The maximum Gasteiger partial charge on any atom is 0.309 e. The first-order chi connectivity index (χ1) is 8.04. The van der Waals surface area contributed by atoms with Crippen molar-refractivity contribution in [3.05, 3.63) is 0 Å². The maximum absolute atomic E-state index is 11.6. The Morgan fingerprint density at radius 1 is 1.35 bits per heavy atom. The summed E-state index contributed by atoms with van der Waals surface area (Å²) in [5.74, 6) is -0.454. The Morgan fingerprint density at radius 3 is 2.53 bits per heavy atom. The normalized spacial score (nSPS) is 18.3. The molecule has 98 valence electrons. The molecular formula is C12H22N2O3. The average Bonchev–Trinajstić information content (AvgIpc) is 3.09. The lowest BCUT2D eigenvalue weighted by molar-refractivity contribution is -0.147. The first-order valence-electron chi connectivity index (χ1n) is 6.25. The zero-order valence-corrected chi connectivity index (χ0v) is 10.8. The summed E-state index contributed by atoms with van der Waals surface area (Å²) in [6.45, 7) is 6.22. The molecule has 0 aromatic carbocycles. The van der Waals surface area contributed by atoms with Crippen molar-refractivity contribution in [2.45, 2.75) is 45.7 Å². The summed E-state index contributed by atoms with van der Waals surface area (Å²) in [6, 6.07) is 0.0988. The van der Waals surface area contributed by atoms with Gasteiger partial charge in [-0.05, 0) is 26.7 Å². The van der Waals surface area contributed by atoms with E-state index >= 15 is 0 Å². The van der Waals surface area contributed by atoms with Crippen molar-refractivity contribution >= 4 is 11.9 Å². The van der Waals surface area contributed by atoms with Gasteiger partial charge in [-0.3, -0.25) is 9.59 Å². The second-order valence-corrected chi connectivity index (χ2v) is 4.57. The van der Waals surface area contributed by atoms with Gasteiger partial charge in [-0.2, -0.15) is 0 Å². The predicted octanol–water partition coefficient (Wildman–Crippen LogP) is 0.442. The molecule has 2 unspecified atom stereocenters. The number of nitrogens with one attached hydrogen (secondary N) is 2. The number of hydrogen-bond donors (Lipinski definition) is 2. The largest absolute Gasteiger partial charge is 0.466 e. The van der Waals surface area contributed by atoms with Gasteiger partial charge >= 0.3 is 5.97 Å². The molecule has 1 aliphatic rings. The molecular weight excluding hydrogens is 220 g/mol. The van der Waals surface area contributed by atoms with Crippen molar-refractivity contribution in [3.8, 4) is 0 Å². The van der Waals surface area contributed by atoms with Gasteiger partial charge in [-0.1, -0.05) is 6.92 Å². The highest BCUT2D eigenvalue weighted by molar-refractivity contribution is 5.82. The summed E-state index contributed by atoms with van der Waals surface area (Å²) in [7, 11) is 0. The first-order valence-corrected chi connectivity index (χ1v) is 6.25. The number of esters is 1. The number of rotatable bonds is 7. The van der Waals surface area contributed by atoms with Crippen LogP contribution in [0.1, 0.15) is 33.6 Å². The van der Waals surface area contributed by atoms with Gasteiger partial charge in [-0.25, -0.2) is 0 Å². The van der Waals surface area contributed by atoms with Crippen molar-refractivity contribution in [2.75, 3.05) is 13.2 Å². The van der Waals surface area contributed by atoms with Crippen molar-refractivity contribution in [1.29, 1.82) is 0 Å². The quantitative estimate of drug-likeness (QED) is 0.636. The molecule has 17 heavy (non-hydrogen) atoms. The van der Waals surface area contributed by atoms with Crippen LogP contribution in [0, 0.1) is 5.92 Å². The Kier molecular flexibility index (Phi) is 5.41. The fourth-order valence-electron chi connectivity index (χ4n) is 1.37. The number of amides is 1. The van der Waals surface area contributed by atoms with E-state index < -0.39 is 0 Å². The highest BCUT2D eigenvalue weighted by atomic mass is 16.5. The zero-order chi connectivity index (χ0) is 12.8. The van der Waals surface area contributed by atoms with Gasteiger partial charge in [0.1, 0.15) is 0 Å². The molecule has 0 spiro atoms. The molecule has 0 aromatic heterocycles. The van der Waals surface area contributed by atoms with Crippen LogP contribution in [-0.4, -0.2) is 37.1 Å². The number of carbonyl (C=O) groups is 2. The van der Waals surface area contributed by atoms with Gasteiger partial charge in [0.05, 0.1) is 18.6 Å². The summed E-state index contributed by atoms with van der Waals surface area (Å²) in [5, 5.41) is 5.96. The summed E-state index contributed by atoms with van der Waals surface area (Å²) < 4.78 is 4.89. The zero-order valence-electron chi connectivity index (χ0n) is 10.8. The van der Waals surface area contributed by atoms with E-state index in [2.05, 4.69) is 10.6 Å². The summed E-state index contributed by atoms with van der Waals surface area (Å²) in [4.78, 5) is 23.0. The van der Waals surface area contributed by atoms with E-state index in [-0.39, 0.29) is 23.8 Å². The number of hydrogen-bond acceptors (Lipinski definition) is 4. The molecule has 0 aromatic rings. The van der Waals surface area contributed by atoms with Gasteiger partial charge in [0.15, 0.2) is 0 Å². The Labute approximate surface area is 102 Å². The predicted molar refractivity (Wildman–Crippen MR) is 64.4 cm³/mol. The van der Waals surface area contributed by atoms with E-state index in [9.17, 15) is 9.59 Å². The molecule has 1 fully saturated rings. The molecule has 5 nitrogen and oxygen atoms in total. The second kappa shape index (κ2) is 6.59. The molecule has 1 saturated carbocycles. The standard InChI is InChI=1S/C12H22N2O3/c1-4-17-12(16)8(2)7-13-9(3)11(15)14-10-5-6-10/h8-10,13H,4-7H2,1-3H3,(H,14,15). The van der Waals surface area contributed by atoms with Gasteiger partial charge in [0, 0.05) is 12.6 Å². The van der Waals surface area contributed by atoms with Crippen LogP contribution in [0.4, 0.5) is 0 Å².